The molecule has 1 aliphatic rings. The summed E-state index contributed by atoms with van der Waals surface area (Å²) in [6.07, 6.45) is 3.04. The van der Waals surface area contributed by atoms with Crippen molar-refractivity contribution in [2.45, 2.75) is 38.5 Å². The molecule has 2 rings (SSSR count). The van der Waals surface area contributed by atoms with Crippen molar-refractivity contribution >= 4 is 17.6 Å². The minimum absolute atomic E-state index is 0.206. The maximum absolute atomic E-state index is 10.8. The van der Waals surface area contributed by atoms with Gasteiger partial charge in [0.25, 0.3) is 0 Å². The number of halogens is 1. The molecule has 0 amide bonds. The van der Waals surface area contributed by atoms with Gasteiger partial charge in [-0.3, -0.25) is 4.79 Å². The van der Waals surface area contributed by atoms with Gasteiger partial charge in [-0.25, -0.2) is 0 Å². The van der Waals surface area contributed by atoms with Gasteiger partial charge in [-0.05, 0) is 32.6 Å². The van der Waals surface area contributed by atoms with Crippen LogP contribution in [0.25, 0.3) is 0 Å². The topological polar surface area (TPSA) is 63.3 Å². The fraction of sp³-hybridized carbons (Fsp3) is 0.636. The van der Waals surface area contributed by atoms with Gasteiger partial charge in [0.1, 0.15) is 10.7 Å². The third kappa shape index (κ3) is 2.07. The van der Waals surface area contributed by atoms with Crippen molar-refractivity contribution in [2.24, 2.45) is 5.92 Å². The SMILES string of the molecule is Cc1onc(C2CCC(C(=O)O)CC2)c1Cl. The van der Waals surface area contributed by atoms with Crippen molar-refractivity contribution < 1.29 is 14.4 Å². The number of carboxylic acid groups (broad SMARTS) is 1. The van der Waals surface area contributed by atoms with E-state index in [1.807, 2.05) is 0 Å². The highest BCUT2D eigenvalue weighted by atomic mass is 35.5. The first kappa shape index (κ1) is 11.5. The molecule has 0 aromatic carbocycles. The minimum atomic E-state index is -0.694. The van der Waals surface area contributed by atoms with Gasteiger partial charge in [0.2, 0.25) is 0 Å². The van der Waals surface area contributed by atoms with Crippen LogP contribution in [0, 0.1) is 12.8 Å². The highest BCUT2D eigenvalue weighted by Crippen LogP contribution is 2.38. The van der Waals surface area contributed by atoms with Crippen molar-refractivity contribution in [1.29, 1.82) is 0 Å². The zero-order valence-corrected chi connectivity index (χ0v) is 9.83. The largest absolute Gasteiger partial charge is 0.481 e. The Labute approximate surface area is 98.6 Å². The Morgan fingerprint density at radius 3 is 2.50 bits per heavy atom. The van der Waals surface area contributed by atoms with E-state index in [2.05, 4.69) is 5.16 Å². The quantitative estimate of drug-likeness (QED) is 0.867. The maximum Gasteiger partial charge on any atom is 0.306 e. The molecule has 1 aromatic heterocycles. The lowest BCUT2D eigenvalue weighted by molar-refractivity contribution is -0.142. The average Bonchev–Trinajstić information content (AvgIpc) is 2.60. The molecule has 0 spiro atoms. The Bertz CT molecular complexity index is 394. The van der Waals surface area contributed by atoms with Gasteiger partial charge in [-0.1, -0.05) is 16.8 Å². The molecule has 0 unspecified atom stereocenters. The van der Waals surface area contributed by atoms with Gasteiger partial charge in [0.15, 0.2) is 5.76 Å². The Hall–Kier alpha value is -1.03. The van der Waals surface area contributed by atoms with Crippen LogP contribution in [-0.4, -0.2) is 16.2 Å². The van der Waals surface area contributed by atoms with E-state index in [-0.39, 0.29) is 11.8 Å². The monoisotopic (exact) mass is 243 g/mol. The fourth-order valence-corrected chi connectivity index (χ4v) is 2.47. The summed E-state index contributed by atoms with van der Waals surface area (Å²) < 4.78 is 5.02. The van der Waals surface area contributed by atoms with Crippen LogP contribution in [0.15, 0.2) is 4.52 Å². The van der Waals surface area contributed by atoms with E-state index in [0.29, 0.717) is 23.6 Å². The molecule has 0 bridgehead atoms. The molecule has 0 aliphatic heterocycles. The van der Waals surface area contributed by atoms with E-state index in [1.165, 1.54) is 0 Å². The van der Waals surface area contributed by atoms with Gasteiger partial charge >= 0.3 is 5.97 Å². The van der Waals surface area contributed by atoms with Crippen LogP contribution < -0.4 is 0 Å². The van der Waals surface area contributed by atoms with Crippen LogP contribution in [0.4, 0.5) is 0 Å². The molecule has 1 heterocycles. The Morgan fingerprint density at radius 1 is 1.44 bits per heavy atom. The summed E-state index contributed by atoms with van der Waals surface area (Å²) in [5.41, 5.74) is 0.794. The molecular formula is C11H14ClNO3. The zero-order valence-electron chi connectivity index (χ0n) is 9.07. The van der Waals surface area contributed by atoms with E-state index in [9.17, 15) is 4.79 Å². The van der Waals surface area contributed by atoms with Crippen molar-refractivity contribution in [2.75, 3.05) is 0 Å². The van der Waals surface area contributed by atoms with E-state index in [1.54, 1.807) is 6.92 Å². The minimum Gasteiger partial charge on any atom is -0.481 e. The number of hydrogen-bond acceptors (Lipinski definition) is 3. The number of rotatable bonds is 2. The lowest BCUT2D eigenvalue weighted by Gasteiger charge is -2.24. The van der Waals surface area contributed by atoms with Crippen molar-refractivity contribution in [3.63, 3.8) is 0 Å². The van der Waals surface area contributed by atoms with E-state index >= 15 is 0 Å². The maximum atomic E-state index is 10.8. The van der Waals surface area contributed by atoms with Crippen molar-refractivity contribution in [3.8, 4) is 0 Å². The molecule has 0 radical (unpaired) electrons. The van der Waals surface area contributed by atoms with Crippen molar-refractivity contribution in [3.05, 3.63) is 16.5 Å². The van der Waals surface area contributed by atoms with E-state index in [0.717, 1.165) is 18.5 Å². The first-order chi connectivity index (χ1) is 7.59. The molecule has 1 aliphatic carbocycles. The highest BCUT2D eigenvalue weighted by Gasteiger charge is 2.29. The summed E-state index contributed by atoms with van der Waals surface area (Å²) in [4.78, 5) is 10.8. The van der Waals surface area contributed by atoms with Crippen molar-refractivity contribution in [1.82, 2.24) is 5.16 Å². The third-order valence-electron chi connectivity index (χ3n) is 3.28. The van der Waals surface area contributed by atoms with Crippen LogP contribution in [-0.2, 0) is 4.79 Å². The zero-order chi connectivity index (χ0) is 11.7. The number of aromatic nitrogens is 1. The molecule has 88 valence electrons. The van der Waals surface area contributed by atoms with Crippen LogP contribution >= 0.6 is 11.6 Å². The normalized spacial score (nSPS) is 25.6. The first-order valence-electron chi connectivity index (χ1n) is 5.44. The second-order valence-corrected chi connectivity index (χ2v) is 4.70. The second-order valence-electron chi connectivity index (χ2n) is 4.32. The van der Waals surface area contributed by atoms with Gasteiger partial charge < -0.3 is 9.63 Å². The molecule has 1 saturated carbocycles. The summed E-state index contributed by atoms with van der Waals surface area (Å²) in [6, 6.07) is 0. The molecule has 4 nitrogen and oxygen atoms in total. The lowest BCUT2D eigenvalue weighted by atomic mass is 9.80. The summed E-state index contributed by atoms with van der Waals surface area (Å²) in [6.45, 7) is 1.78. The molecule has 16 heavy (non-hydrogen) atoms. The molecular weight excluding hydrogens is 230 g/mol. The molecule has 0 saturated heterocycles. The fourth-order valence-electron chi connectivity index (χ4n) is 2.25. The molecule has 1 N–H and O–H groups in total. The van der Waals surface area contributed by atoms with Gasteiger partial charge in [-0.2, -0.15) is 0 Å². The number of carbonyl (C=O) groups is 1. The lowest BCUT2D eigenvalue weighted by Crippen LogP contribution is -2.20. The molecule has 5 heteroatoms. The molecule has 1 aromatic rings. The Kier molecular flexibility index (Phi) is 3.19. The Morgan fingerprint density at radius 2 is 2.06 bits per heavy atom. The van der Waals surface area contributed by atoms with E-state index < -0.39 is 5.97 Å². The standard InChI is InChI=1S/C11H14ClNO3/c1-6-9(12)10(13-16-6)7-2-4-8(5-3-7)11(14)15/h7-8H,2-5H2,1H3,(H,14,15). The van der Waals surface area contributed by atoms with Crippen LogP contribution in [0.1, 0.15) is 43.1 Å². The number of carboxylic acids is 1. The summed E-state index contributed by atoms with van der Waals surface area (Å²) in [7, 11) is 0. The van der Waals surface area contributed by atoms with Crippen LogP contribution in [0.2, 0.25) is 5.02 Å². The Balaban J connectivity index is 2.04. The van der Waals surface area contributed by atoms with Crippen LogP contribution in [0.5, 0.6) is 0 Å². The predicted molar refractivity (Wildman–Crippen MR) is 58.6 cm³/mol. The molecule has 0 atom stereocenters. The first-order valence-corrected chi connectivity index (χ1v) is 5.82. The summed E-state index contributed by atoms with van der Waals surface area (Å²) in [5, 5.41) is 13.4. The average molecular weight is 244 g/mol. The smallest absolute Gasteiger partial charge is 0.306 e. The number of hydrogen-bond donors (Lipinski definition) is 1. The second kappa shape index (κ2) is 4.45. The van der Waals surface area contributed by atoms with Gasteiger partial charge in [0.05, 0.1) is 5.92 Å². The molecule has 1 fully saturated rings. The summed E-state index contributed by atoms with van der Waals surface area (Å²) in [5.74, 6) is -0.0125. The number of aliphatic carboxylic acids is 1. The van der Waals surface area contributed by atoms with E-state index in [4.69, 9.17) is 21.2 Å². The predicted octanol–water partition coefficient (Wildman–Crippen LogP) is 2.99. The summed E-state index contributed by atoms with van der Waals surface area (Å²) >= 11 is 6.07. The van der Waals surface area contributed by atoms with Gasteiger partial charge in [0, 0.05) is 5.92 Å². The van der Waals surface area contributed by atoms with Crippen LogP contribution in [0.3, 0.4) is 0 Å². The number of nitrogens with zero attached hydrogens (tertiary/aromatic N) is 1. The van der Waals surface area contributed by atoms with Gasteiger partial charge in [-0.15, -0.1) is 0 Å². The third-order valence-corrected chi connectivity index (χ3v) is 3.74. The highest BCUT2D eigenvalue weighted by molar-refractivity contribution is 6.31. The number of aryl methyl sites for hydroxylation is 1.